The van der Waals surface area contributed by atoms with Crippen LogP contribution in [0.4, 0.5) is 5.69 Å². The summed E-state index contributed by atoms with van der Waals surface area (Å²) in [6.07, 6.45) is 2.58. The van der Waals surface area contributed by atoms with E-state index in [1.54, 1.807) is 31.2 Å². The van der Waals surface area contributed by atoms with E-state index in [1.165, 1.54) is 12.8 Å². The minimum absolute atomic E-state index is 0.302. The van der Waals surface area contributed by atoms with Crippen molar-refractivity contribution in [3.8, 4) is 0 Å². The molecular formula is C13H21N3O2S. The lowest BCUT2D eigenvalue weighted by atomic mass is 10.3. The third-order valence-corrected chi connectivity index (χ3v) is 4.52. The second-order valence-corrected chi connectivity index (χ2v) is 6.45. The van der Waals surface area contributed by atoms with Crippen molar-refractivity contribution in [1.29, 1.82) is 0 Å². The monoisotopic (exact) mass is 283 g/mol. The zero-order valence-corrected chi connectivity index (χ0v) is 12.0. The van der Waals surface area contributed by atoms with Gasteiger partial charge in [0.15, 0.2) is 0 Å². The summed E-state index contributed by atoms with van der Waals surface area (Å²) in [4.78, 5) is 0.302. The molecule has 1 aliphatic carbocycles. The van der Waals surface area contributed by atoms with Crippen LogP contribution in [0.25, 0.3) is 0 Å². The Bertz CT molecular complexity index is 495. The van der Waals surface area contributed by atoms with Gasteiger partial charge in [-0.1, -0.05) is 6.92 Å². The molecule has 0 saturated heterocycles. The van der Waals surface area contributed by atoms with Gasteiger partial charge in [-0.2, -0.15) is 0 Å². The molecule has 19 heavy (non-hydrogen) atoms. The van der Waals surface area contributed by atoms with Gasteiger partial charge in [0, 0.05) is 31.4 Å². The maximum Gasteiger partial charge on any atom is 0.240 e. The summed E-state index contributed by atoms with van der Waals surface area (Å²) in [5.74, 6) is 0. The Labute approximate surface area is 114 Å². The molecule has 0 bridgehead atoms. The Balaban J connectivity index is 1.83. The zero-order valence-electron chi connectivity index (χ0n) is 11.1. The van der Waals surface area contributed by atoms with E-state index in [9.17, 15) is 8.42 Å². The first kappa shape index (κ1) is 14.3. The maximum absolute atomic E-state index is 11.7. The smallest absolute Gasteiger partial charge is 0.240 e. The predicted molar refractivity (Wildman–Crippen MR) is 76.8 cm³/mol. The van der Waals surface area contributed by atoms with E-state index in [1.807, 2.05) is 0 Å². The molecule has 1 aromatic rings. The average Bonchev–Trinajstić information content (AvgIpc) is 3.19. The highest BCUT2D eigenvalue weighted by Crippen LogP contribution is 2.18. The van der Waals surface area contributed by atoms with Crippen LogP contribution in [0.15, 0.2) is 29.2 Å². The Morgan fingerprint density at radius 1 is 1.16 bits per heavy atom. The highest BCUT2D eigenvalue weighted by Gasteiger charge is 2.19. The Morgan fingerprint density at radius 2 is 1.84 bits per heavy atom. The van der Waals surface area contributed by atoms with Crippen LogP contribution in [0.5, 0.6) is 0 Å². The van der Waals surface area contributed by atoms with Crippen LogP contribution in [0.3, 0.4) is 0 Å². The fourth-order valence-electron chi connectivity index (χ4n) is 1.80. The lowest BCUT2D eigenvalue weighted by Crippen LogP contribution is -2.24. The van der Waals surface area contributed by atoms with E-state index in [2.05, 4.69) is 15.4 Å². The number of hydrogen-bond donors (Lipinski definition) is 3. The van der Waals surface area contributed by atoms with E-state index in [-0.39, 0.29) is 0 Å². The van der Waals surface area contributed by atoms with E-state index >= 15 is 0 Å². The van der Waals surface area contributed by atoms with E-state index in [0.29, 0.717) is 11.4 Å². The SMILES string of the molecule is CCNS(=O)(=O)c1ccc(NCCNC2CC2)cc1. The largest absolute Gasteiger partial charge is 0.384 e. The van der Waals surface area contributed by atoms with Crippen molar-refractivity contribution in [3.05, 3.63) is 24.3 Å². The van der Waals surface area contributed by atoms with Crippen LogP contribution in [0.1, 0.15) is 19.8 Å². The Morgan fingerprint density at radius 3 is 2.42 bits per heavy atom. The fraction of sp³-hybridized carbons (Fsp3) is 0.538. The van der Waals surface area contributed by atoms with E-state index in [0.717, 1.165) is 24.8 Å². The molecule has 2 rings (SSSR count). The van der Waals surface area contributed by atoms with E-state index in [4.69, 9.17) is 0 Å². The van der Waals surface area contributed by atoms with Crippen molar-refractivity contribution >= 4 is 15.7 Å². The molecule has 0 unspecified atom stereocenters. The van der Waals surface area contributed by atoms with Crippen LogP contribution >= 0.6 is 0 Å². The number of nitrogens with one attached hydrogen (secondary N) is 3. The molecule has 1 aromatic carbocycles. The van der Waals surface area contributed by atoms with Crippen LogP contribution < -0.4 is 15.4 Å². The van der Waals surface area contributed by atoms with Gasteiger partial charge in [-0.3, -0.25) is 0 Å². The van der Waals surface area contributed by atoms with Gasteiger partial charge in [0.25, 0.3) is 0 Å². The minimum Gasteiger partial charge on any atom is -0.384 e. The van der Waals surface area contributed by atoms with Gasteiger partial charge >= 0.3 is 0 Å². The highest BCUT2D eigenvalue weighted by molar-refractivity contribution is 7.89. The number of sulfonamides is 1. The zero-order chi connectivity index (χ0) is 13.7. The van der Waals surface area contributed by atoms with Crippen LogP contribution in [-0.4, -0.2) is 34.1 Å². The molecule has 1 fully saturated rings. The number of benzene rings is 1. The molecule has 0 atom stereocenters. The van der Waals surface area contributed by atoms with E-state index < -0.39 is 10.0 Å². The molecule has 0 radical (unpaired) electrons. The van der Waals surface area contributed by atoms with Crippen molar-refractivity contribution in [2.75, 3.05) is 25.0 Å². The summed E-state index contributed by atoms with van der Waals surface area (Å²) in [5, 5.41) is 6.67. The van der Waals surface area contributed by atoms with Crippen molar-refractivity contribution in [3.63, 3.8) is 0 Å². The third-order valence-electron chi connectivity index (χ3n) is 2.96. The lowest BCUT2D eigenvalue weighted by Gasteiger charge is -2.08. The van der Waals surface area contributed by atoms with Gasteiger partial charge < -0.3 is 10.6 Å². The van der Waals surface area contributed by atoms with Gasteiger partial charge in [0.2, 0.25) is 10.0 Å². The normalized spacial score (nSPS) is 15.4. The second kappa shape index (κ2) is 6.36. The van der Waals surface area contributed by atoms with Crippen molar-refractivity contribution in [1.82, 2.24) is 10.0 Å². The molecule has 0 spiro atoms. The quantitative estimate of drug-likeness (QED) is 0.626. The summed E-state index contributed by atoms with van der Waals surface area (Å²) in [5.41, 5.74) is 0.938. The number of rotatable bonds is 8. The first-order chi connectivity index (χ1) is 9.12. The van der Waals surface area contributed by atoms with Crippen LogP contribution in [-0.2, 0) is 10.0 Å². The average molecular weight is 283 g/mol. The van der Waals surface area contributed by atoms with Crippen LogP contribution in [0, 0.1) is 0 Å². The third kappa shape index (κ3) is 4.49. The maximum atomic E-state index is 11.7. The minimum atomic E-state index is -3.35. The topological polar surface area (TPSA) is 70.2 Å². The van der Waals surface area contributed by atoms with Crippen molar-refractivity contribution < 1.29 is 8.42 Å². The number of hydrogen-bond acceptors (Lipinski definition) is 4. The van der Waals surface area contributed by atoms with Gasteiger partial charge in [0.05, 0.1) is 4.90 Å². The van der Waals surface area contributed by atoms with Crippen LogP contribution in [0.2, 0.25) is 0 Å². The van der Waals surface area contributed by atoms with Gasteiger partial charge in [-0.25, -0.2) is 13.1 Å². The summed E-state index contributed by atoms with van der Waals surface area (Å²) in [6.45, 7) is 3.94. The van der Waals surface area contributed by atoms with Gasteiger partial charge in [0.1, 0.15) is 0 Å². The lowest BCUT2D eigenvalue weighted by molar-refractivity contribution is 0.584. The molecule has 0 aliphatic heterocycles. The molecule has 0 aromatic heterocycles. The Kier molecular flexibility index (Phi) is 4.79. The summed E-state index contributed by atoms with van der Waals surface area (Å²) >= 11 is 0. The van der Waals surface area contributed by atoms with Gasteiger partial charge in [-0.05, 0) is 37.1 Å². The molecule has 0 heterocycles. The molecule has 1 saturated carbocycles. The van der Waals surface area contributed by atoms with Crippen molar-refractivity contribution in [2.24, 2.45) is 0 Å². The number of anilines is 1. The predicted octanol–water partition coefficient (Wildman–Crippen LogP) is 1.15. The molecule has 3 N–H and O–H groups in total. The molecule has 1 aliphatic rings. The molecule has 5 nitrogen and oxygen atoms in total. The molecule has 6 heteroatoms. The fourth-order valence-corrected chi connectivity index (χ4v) is 2.84. The summed E-state index contributed by atoms with van der Waals surface area (Å²) < 4.78 is 26.0. The summed E-state index contributed by atoms with van der Waals surface area (Å²) in [6, 6.07) is 7.54. The first-order valence-corrected chi connectivity index (χ1v) is 8.17. The standard InChI is InChI=1S/C13H21N3O2S/c1-2-16-19(17,18)13-7-5-12(6-8-13)15-10-9-14-11-3-4-11/h5-8,11,14-16H,2-4,9-10H2,1H3. The second-order valence-electron chi connectivity index (χ2n) is 4.68. The van der Waals surface area contributed by atoms with Crippen molar-refractivity contribution in [2.45, 2.75) is 30.7 Å². The highest BCUT2D eigenvalue weighted by atomic mass is 32.2. The molecule has 0 amide bonds. The summed E-state index contributed by atoms with van der Waals surface area (Å²) in [7, 11) is -3.35. The molecule has 106 valence electrons. The first-order valence-electron chi connectivity index (χ1n) is 6.69. The molecular weight excluding hydrogens is 262 g/mol. The Hall–Kier alpha value is -1.11. The van der Waals surface area contributed by atoms with Gasteiger partial charge in [-0.15, -0.1) is 0 Å².